The molecule has 1 atom stereocenters. The summed E-state index contributed by atoms with van der Waals surface area (Å²) in [7, 11) is -3.83. The second-order valence-electron chi connectivity index (χ2n) is 6.46. The Bertz CT molecular complexity index is 1000. The Labute approximate surface area is 162 Å². The second kappa shape index (κ2) is 8.53. The molecular weight excluding hydrogens is 386 g/mol. The Morgan fingerprint density at radius 1 is 1.32 bits per heavy atom. The van der Waals surface area contributed by atoms with Crippen molar-refractivity contribution in [3.8, 4) is 17.0 Å². The van der Waals surface area contributed by atoms with Crippen molar-refractivity contribution in [2.24, 2.45) is 0 Å². The van der Waals surface area contributed by atoms with Crippen molar-refractivity contribution < 1.29 is 23.2 Å². The largest absolute Gasteiger partial charge is 0.478 e. The quantitative estimate of drug-likeness (QED) is 0.492. The number of hydrogen-bond donors (Lipinski definition) is 2. The van der Waals surface area contributed by atoms with Gasteiger partial charge in [-0.05, 0) is 38.0 Å². The van der Waals surface area contributed by atoms with Crippen molar-refractivity contribution in [3.05, 3.63) is 47.0 Å². The number of aromatic nitrogens is 2. The van der Waals surface area contributed by atoms with Crippen molar-refractivity contribution in [1.29, 1.82) is 0 Å². The number of aryl methyl sites for hydroxylation is 1. The highest BCUT2D eigenvalue weighted by Crippen LogP contribution is 2.23. The maximum Gasteiger partial charge on any atom is 0.264 e. The second-order valence-corrected chi connectivity index (χ2v) is 8.90. The molecule has 1 unspecified atom stereocenters. The van der Waals surface area contributed by atoms with Gasteiger partial charge >= 0.3 is 0 Å². The van der Waals surface area contributed by atoms with Crippen LogP contribution < -0.4 is 15.8 Å². The van der Waals surface area contributed by atoms with E-state index in [-0.39, 0.29) is 18.5 Å². The molecule has 0 bridgehead atoms. The first-order valence-electron chi connectivity index (χ1n) is 8.56. The Morgan fingerprint density at radius 2 is 2.04 bits per heavy atom. The van der Waals surface area contributed by atoms with Crippen molar-refractivity contribution in [3.63, 3.8) is 0 Å². The number of nitrogens with zero attached hydrogens (tertiary/aromatic N) is 2. The van der Waals surface area contributed by atoms with E-state index in [1.54, 1.807) is 24.4 Å². The zero-order chi connectivity index (χ0) is 20.9. The van der Waals surface area contributed by atoms with E-state index in [1.807, 2.05) is 6.92 Å². The number of carbonyl (C=O) groups excluding carboxylic acids is 1. The summed E-state index contributed by atoms with van der Waals surface area (Å²) < 4.78 is 28.7. The zero-order valence-corrected chi connectivity index (χ0v) is 16.7. The van der Waals surface area contributed by atoms with Gasteiger partial charge < -0.3 is 9.30 Å². The fraction of sp³-hybridized carbons (Fsp3) is 0.389. The summed E-state index contributed by atoms with van der Waals surface area (Å²) in [6.45, 7) is 3.55. The van der Waals surface area contributed by atoms with Crippen LogP contribution in [0.15, 0.2) is 41.5 Å². The van der Waals surface area contributed by atoms with E-state index in [9.17, 15) is 18.0 Å². The summed E-state index contributed by atoms with van der Waals surface area (Å²) in [5, 5.41) is 8.85. The van der Waals surface area contributed by atoms with Crippen LogP contribution in [0, 0.1) is 0 Å². The molecule has 0 aromatic carbocycles. The molecule has 2 N–H and O–H groups in total. The van der Waals surface area contributed by atoms with E-state index in [2.05, 4.69) is 4.98 Å². The summed E-state index contributed by atoms with van der Waals surface area (Å²) in [5.41, 5.74) is 2.41. The Hall–Kier alpha value is -2.72. The maximum absolute atomic E-state index is 12.4. The summed E-state index contributed by atoms with van der Waals surface area (Å²) in [6.07, 6.45) is 3.85. The van der Waals surface area contributed by atoms with Crippen LogP contribution >= 0.6 is 0 Å². The normalized spacial score (nSPS) is 13.6. The smallest absolute Gasteiger partial charge is 0.264 e. The number of rotatable bonds is 8. The van der Waals surface area contributed by atoms with Crippen molar-refractivity contribution in [2.75, 3.05) is 12.9 Å². The Kier molecular flexibility index (Phi) is 6.57. The third-order valence-corrected chi connectivity index (χ3v) is 6.61. The molecule has 0 aliphatic heterocycles. The van der Waals surface area contributed by atoms with Crippen molar-refractivity contribution in [2.45, 2.75) is 31.6 Å². The summed E-state index contributed by atoms with van der Waals surface area (Å²) >= 11 is 0. The molecule has 0 aliphatic carbocycles. The van der Waals surface area contributed by atoms with Gasteiger partial charge in [0.2, 0.25) is 5.88 Å². The standard InChI is InChI=1S/C18H23N3O6S/c1-4-27-15-6-5-14(12-19-15)13-7-9-21(16(22)11-13)10-8-18(2,17(23)20-24)28(3,25)26/h5-7,9,11-12,24H,4,8,10H2,1-3H3,(H,20,23). The first-order chi connectivity index (χ1) is 13.1. The highest BCUT2D eigenvalue weighted by molar-refractivity contribution is 7.92. The van der Waals surface area contributed by atoms with Crippen LogP contribution in [0.3, 0.4) is 0 Å². The van der Waals surface area contributed by atoms with Gasteiger partial charge in [-0.3, -0.25) is 14.8 Å². The predicted molar refractivity (Wildman–Crippen MR) is 103 cm³/mol. The van der Waals surface area contributed by atoms with Crippen LogP contribution in [0.1, 0.15) is 20.3 Å². The molecule has 0 radical (unpaired) electrons. The third-order valence-electron chi connectivity index (χ3n) is 4.59. The molecule has 0 fully saturated rings. The monoisotopic (exact) mass is 409 g/mol. The lowest BCUT2D eigenvalue weighted by atomic mass is 10.1. The Morgan fingerprint density at radius 3 is 2.54 bits per heavy atom. The number of sulfone groups is 1. The number of ether oxygens (including phenoxy) is 1. The van der Waals surface area contributed by atoms with Gasteiger partial charge in [0, 0.05) is 42.9 Å². The van der Waals surface area contributed by atoms with Crippen LogP contribution in [-0.2, 0) is 21.2 Å². The molecule has 152 valence electrons. The number of hydroxylamine groups is 1. The van der Waals surface area contributed by atoms with Gasteiger partial charge in [0.05, 0.1) is 6.61 Å². The first-order valence-corrected chi connectivity index (χ1v) is 10.5. The zero-order valence-electron chi connectivity index (χ0n) is 15.9. The number of nitrogens with one attached hydrogen (secondary N) is 1. The van der Waals surface area contributed by atoms with E-state index in [0.29, 0.717) is 18.1 Å². The highest BCUT2D eigenvalue weighted by atomic mass is 32.2. The lowest BCUT2D eigenvalue weighted by Gasteiger charge is -2.25. The fourth-order valence-electron chi connectivity index (χ4n) is 2.58. The molecule has 10 heteroatoms. The summed E-state index contributed by atoms with van der Waals surface area (Å²) in [4.78, 5) is 28.4. The van der Waals surface area contributed by atoms with Crippen LogP contribution in [0.2, 0.25) is 0 Å². The van der Waals surface area contributed by atoms with Crippen LogP contribution in [0.5, 0.6) is 5.88 Å². The van der Waals surface area contributed by atoms with E-state index in [4.69, 9.17) is 9.94 Å². The SMILES string of the molecule is CCOc1ccc(-c2ccn(CCC(C)(C(=O)NO)S(C)(=O)=O)c(=O)c2)cn1. The Balaban J connectivity index is 2.22. The van der Waals surface area contributed by atoms with E-state index >= 15 is 0 Å². The fourth-order valence-corrected chi connectivity index (χ4v) is 3.42. The van der Waals surface area contributed by atoms with Gasteiger partial charge in [-0.15, -0.1) is 0 Å². The molecule has 9 nitrogen and oxygen atoms in total. The molecule has 2 aromatic heterocycles. The summed E-state index contributed by atoms with van der Waals surface area (Å²) in [5.74, 6) is -0.554. The van der Waals surface area contributed by atoms with Gasteiger partial charge in [0.1, 0.15) is 0 Å². The van der Waals surface area contributed by atoms with Gasteiger partial charge in [0.15, 0.2) is 14.6 Å². The lowest BCUT2D eigenvalue weighted by molar-refractivity contribution is -0.131. The predicted octanol–water partition coefficient (Wildman–Crippen LogP) is 1.01. The lowest BCUT2D eigenvalue weighted by Crippen LogP contribution is -2.49. The van der Waals surface area contributed by atoms with Crippen molar-refractivity contribution >= 4 is 15.7 Å². The minimum atomic E-state index is -3.83. The number of amides is 1. The molecule has 0 aliphatic rings. The third kappa shape index (κ3) is 4.57. The topological polar surface area (TPSA) is 128 Å². The molecule has 1 amide bonds. The average Bonchev–Trinajstić information content (AvgIpc) is 2.66. The van der Waals surface area contributed by atoms with Gasteiger partial charge in [-0.2, -0.15) is 0 Å². The molecular formula is C18H23N3O6S. The number of carbonyl (C=O) groups is 1. The summed E-state index contributed by atoms with van der Waals surface area (Å²) in [6, 6.07) is 6.59. The molecule has 0 saturated carbocycles. The van der Waals surface area contributed by atoms with E-state index in [0.717, 1.165) is 11.8 Å². The molecule has 2 heterocycles. The minimum absolute atomic E-state index is 0.0162. The van der Waals surface area contributed by atoms with E-state index in [1.165, 1.54) is 29.2 Å². The maximum atomic E-state index is 12.4. The van der Waals surface area contributed by atoms with Gasteiger partial charge in [0.25, 0.3) is 11.5 Å². The molecule has 2 aromatic rings. The van der Waals surface area contributed by atoms with Gasteiger partial charge in [-0.25, -0.2) is 18.9 Å². The van der Waals surface area contributed by atoms with E-state index < -0.39 is 20.5 Å². The average molecular weight is 409 g/mol. The number of hydrogen-bond acceptors (Lipinski definition) is 7. The van der Waals surface area contributed by atoms with Crippen LogP contribution in [0.4, 0.5) is 0 Å². The van der Waals surface area contributed by atoms with Gasteiger partial charge in [-0.1, -0.05) is 0 Å². The molecule has 0 spiro atoms. The molecule has 0 saturated heterocycles. The molecule has 28 heavy (non-hydrogen) atoms. The number of pyridine rings is 2. The molecule has 2 rings (SSSR count). The van der Waals surface area contributed by atoms with Crippen molar-refractivity contribution in [1.82, 2.24) is 15.0 Å². The minimum Gasteiger partial charge on any atom is -0.478 e. The first kappa shape index (κ1) is 21.6. The highest BCUT2D eigenvalue weighted by Gasteiger charge is 2.43. The van der Waals surface area contributed by atoms with Crippen LogP contribution in [0.25, 0.3) is 11.1 Å². The van der Waals surface area contributed by atoms with Crippen LogP contribution in [-0.4, -0.2) is 46.7 Å².